The molecule has 0 saturated carbocycles. The summed E-state index contributed by atoms with van der Waals surface area (Å²) in [5.74, 6) is -2.84. The second-order valence-electron chi connectivity index (χ2n) is 5.67. The van der Waals surface area contributed by atoms with Crippen molar-refractivity contribution in [3.05, 3.63) is 18.2 Å². The van der Waals surface area contributed by atoms with Crippen LogP contribution in [-0.4, -0.2) is 43.4 Å². The highest BCUT2D eigenvalue weighted by Gasteiger charge is 2.42. The zero-order valence-electron chi connectivity index (χ0n) is 13.6. The van der Waals surface area contributed by atoms with E-state index < -0.39 is 49.4 Å². The SMILES string of the molecule is O=C(Nc1ccc(OC(F)F)cc1OC(F)F)N1CCC[C@@H](C(F)(F)F)C1. The van der Waals surface area contributed by atoms with Crippen molar-refractivity contribution < 1.29 is 45.0 Å². The number of nitrogens with one attached hydrogen (secondary N) is 1. The Bertz CT molecular complexity index is 655. The summed E-state index contributed by atoms with van der Waals surface area (Å²) < 4.78 is 96.2. The van der Waals surface area contributed by atoms with Crippen LogP contribution in [-0.2, 0) is 0 Å². The molecule has 1 saturated heterocycles. The van der Waals surface area contributed by atoms with Gasteiger partial charge in [0, 0.05) is 19.2 Å². The Balaban J connectivity index is 2.13. The molecule has 0 bridgehead atoms. The number of alkyl halides is 7. The maximum absolute atomic E-state index is 12.8. The first-order valence-electron chi connectivity index (χ1n) is 7.72. The highest BCUT2D eigenvalue weighted by Crippen LogP contribution is 2.35. The first-order chi connectivity index (χ1) is 12.6. The molecule has 1 aromatic rings. The predicted molar refractivity (Wildman–Crippen MR) is 79.1 cm³/mol. The van der Waals surface area contributed by atoms with Gasteiger partial charge in [0.1, 0.15) is 5.75 Å². The summed E-state index contributed by atoms with van der Waals surface area (Å²) in [5, 5.41) is 2.16. The number of benzene rings is 1. The monoisotopic (exact) mass is 404 g/mol. The first-order valence-corrected chi connectivity index (χ1v) is 7.72. The zero-order chi connectivity index (χ0) is 20.2. The fourth-order valence-electron chi connectivity index (χ4n) is 2.60. The smallest absolute Gasteiger partial charge is 0.393 e. The predicted octanol–water partition coefficient (Wildman–Crippen LogP) is 4.70. The van der Waals surface area contributed by atoms with Crippen molar-refractivity contribution in [1.29, 1.82) is 0 Å². The summed E-state index contributed by atoms with van der Waals surface area (Å²) >= 11 is 0. The van der Waals surface area contributed by atoms with E-state index in [1.807, 2.05) is 0 Å². The quantitative estimate of drug-likeness (QED) is 0.725. The van der Waals surface area contributed by atoms with E-state index in [9.17, 15) is 35.5 Å². The van der Waals surface area contributed by atoms with Gasteiger partial charge in [-0.1, -0.05) is 0 Å². The molecule has 1 N–H and O–H groups in total. The topological polar surface area (TPSA) is 50.8 Å². The molecular formula is C15H15F7N2O3. The molecule has 0 aliphatic carbocycles. The third-order valence-corrected chi connectivity index (χ3v) is 3.81. The number of rotatable bonds is 5. The number of amides is 2. The number of hydrogen-bond donors (Lipinski definition) is 1. The lowest BCUT2D eigenvalue weighted by atomic mass is 9.98. The molecule has 152 valence electrons. The summed E-state index contributed by atoms with van der Waals surface area (Å²) in [6.07, 6.45) is -4.46. The lowest BCUT2D eigenvalue weighted by Gasteiger charge is -2.33. The molecule has 1 aromatic carbocycles. The maximum Gasteiger partial charge on any atom is 0.393 e. The minimum absolute atomic E-state index is 0.0516. The summed E-state index contributed by atoms with van der Waals surface area (Å²) in [5.41, 5.74) is -0.323. The second kappa shape index (κ2) is 8.53. The molecule has 2 amide bonds. The van der Waals surface area contributed by atoms with E-state index in [4.69, 9.17) is 0 Å². The number of piperidine rings is 1. The zero-order valence-corrected chi connectivity index (χ0v) is 13.6. The Morgan fingerprint density at radius 3 is 2.41 bits per heavy atom. The van der Waals surface area contributed by atoms with Crippen molar-refractivity contribution in [2.75, 3.05) is 18.4 Å². The molecule has 27 heavy (non-hydrogen) atoms. The fourth-order valence-corrected chi connectivity index (χ4v) is 2.60. The van der Waals surface area contributed by atoms with Gasteiger partial charge in [0.15, 0.2) is 5.75 Å². The molecule has 1 atom stereocenters. The van der Waals surface area contributed by atoms with Gasteiger partial charge in [0.25, 0.3) is 0 Å². The molecule has 0 radical (unpaired) electrons. The molecule has 0 aromatic heterocycles. The van der Waals surface area contributed by atoms with Gasteiger partial charge < -0.3 is 19.7 Å². The number of ether oxygens (including phenoxy) is 2. The van der Waals surface area contributed by atoms with E-state index in [-0.39, 0.29) is 25.1 Å². The van der Waals surface area contributed by atoms with E-state index in [2.05, 4.69) is 14.8 Å². The van der Waals surface area contributed by atoms with Crippen LogP contribution in [0.1, 0.15) is 12.8 Å². The maximum atomic E-state index is 12.8. The lowest BCUT2D eigenvalue weighted by molar-refractivity contribution is -0.183. The summed E-state index contributed by atoms with van der Waals surface area (Å²) in [4.78, 5) is 13.1. The molecule has 1 fully saturated rings. The number of hydrogen-bond acceptors (Lipinski definition) is 3. The molecule has 1 heterocycles. The Morgan fingerprint density at radius 2 is 1.81 bits per heavy atom. The Morgan fingerprint density at radius 1 is 1.15 bits per heavy atom. The minimum atomic E-state index is -4.46. The van der Waals surface area contributed by atoms with E-state index in [0.29, 0.717) is 6.07 Å². The molecular weight excluding hydrogens is 389 g/mol. The van der Waals surface area contributed by atoms with E-state index in [1.54, 1.807) is 0 Å². The number of nitrogens with zero attached hydrogens (tertiary/aromatic N) is 1. The highest BCUT2D eigenvalue weighted by atomic mass is 19.4. The van der Waals surface area contributed by atoms with Crippen LogP contribution in [0.3, 0.4) is 0 Å². The molecule has 0 unspecified atom stereocenters. The molecule has 1 aliphatic rings. The van der Waals surface area contributed by atoms with E-state index >= 15 is 0 Å². The molecule has 2 rings (SSSR count). The number of halogens is 7. The third-order valence-electron chi connectivity index (χ3n) is 3.81. The van der Waals surface area contributed by atoms with Crippen LogP contribution in [0.2, 0.25) is 0 Å². The number of carbonyl (C=O) groups excluding carboxylic acids is 1. The summed E-state index contributed by atoms with van der Waals surface area (Å²) in [6.45, 7) is -7.06. The van der Waals surface area contributed by atoms with Gasteiger partial charge in [0.05, 0.1) is 11.6 Å². The van der Waals surface area contributed by atoms with Gasteiger partial charge in [0.2, 0.25) is 0 Å². The standard InChI is InChI=1S/C15H15F7N2O3/c16-12(17)26-9-3-4-10(11(6-9)27-13(18)19)23-14(25)24-5-1-2-8(7-24)15(20,21)22/h3-4,6,8,12-13H,1-2,5,7H2,(H,23,25)/t8-/m1/s1. The van der Waals surface area contributed by atoms with Gasteiger partial charge >= 0.3 is 25.4 Å². The molecule has 5 nitrogen and oxygen atoms in total. The van der Waals surface area contributed by atoms with Crippen molar-refractivity contribution in [3.8, 4) is 11.5 Å². The van der Waals surface area contributed by atoms with E-state index in [0.717, 1.165) is 17.0 Å². The van der Waals surface area contributed by atoms with Crippen LogP contribution in [0, 0.1) is 5.92 Å². The van der Waals surface area contributed by atoms with Crippen molar-refractivity contribution in [2.45, 2.75) is 32.2 Å². The second-order valence-corrected chi connectivity index (χ2v) is 5.67. The van der Waals surface area contributed by atoms with Gasteiger partial charge in [-0.05, 0) is 25.0 Å². The normalized spacial score (nSPS) is 18.0. The van der Waals surface area contributed by atoms with Crippen molar-refractivity contribution in [2.24, 2.45) is 5.92 Å². The Hall–Kier alpha value is -2.40. The van der Waals surface area contributed by atoms with Crippen molar-refractivity contribution in [1.82, 2.24) is 4.90 Å². The van der Waals surface area contributed by atoms with Crippen molar-refractivity contribution >= 4 is 11.7 Å². The molecule has 0 spiro atoms. The van der Waals surface area contributed by atoms with Crippen LogP contribution < -0.4 is 14.8 Å². The molecule has 1 aliphatic heterocycles. The van der Waals surface area contributed by atoms with Crippen LogP contribution in [0.5, 0.6) is 11.5 Å². The van der Waals surface area contributed by atoms with Gasteiger partial charge in [-0.2, -0.15) is 30.7 Å². The number of anilines is 1. The number of urea groups is 1. The van der Waals surface area contributed by atoms with E-state index in [1.165, 1.54) is 0 Å². The Labute approximate surface area is 149 Å². The summed E-state index contributed by atoms with van der Waals surface area (Å²) in [6, 6.07) is 1.70. The highest BCUT2D eigenvalue weighted by molar-refractivity contribution is 5.91. The number of likely N-dealkylation sites (tertiary alicyclic amines) is 1. The molecule has 12 heteroatoms. The summed E-state index contributed by atoms with van der Waals surface area (Å²) in [7, 11) is 0. The first kappa shape index (κ1) is 20.9. The van der Waals surface area contributed by atoms with Crippen LogP contribution in [0.25, 0.3) is 0 Å². The van der Waals surface area contributed by atoms with Gasteiger partial charge in [-0.3, -0.25) is 0 Å². The lowest BCUT2D eigenvalue weighted by Crippen LogP contribution is -2.46. The van der Waals surface area contributed by atoms with Gasteiger partial charge in [-0.15, -0.1) is 0 Å². The fraction of sp³-hybridized carbons (Fsp3) is 0.533. The Kier molecular flexibility index (Phi) is 6.60. The average molecular weight is 404 g/mol. The average Bonchev–Trinajstić information content (AvgIpc) is 2.55. The third kappa shape index (κ3) is 6.07. The minimum Gasteiger partial charge on any atom is -0.435 e. The van der Waals surface area contributed by atoms with Gasteiger partial charge in [-0.25, -0.2) is 4.79 Å². The van der Waals surface area contributed by atoms with Crippen LogP contribution in [0.4, 0.5) is 41.2 Å². The van der Waals surface area contributed by atoms with Crippen molar-refractivity contribution in [3.63, 3.8) is 0 Å². The van der Waals surface area contributed by atoms with Crippen LogP contribution >= 0.6 is 0 Å². The number of carbonyl (C=O) groups is 1. The largest absolute Gasteiger partial charge is 0.435 e. The van der Waals surface area contributed by atoms with Crippen LogP contribution in [0.15, 0.2) is 18.2 Å².